The predicted octanol–water partition coefficient (Wildman–Crippen LogP) is 7.56. The Labute approximate surface area is 223 Å². The first-order valence-electron chi connectivity index (χ1n) is 10.7. The van der Waals surface area contributed by atoms with Gasteiger partial charge in [-0.25, -0.2) is 4.39 Å². The summed E-state index contributed by atoms with van der Waals surface area (Å²) in [6.45, 7) is 2.72. The van der Waals surface area contributed by atoms with Crippen molar-refractivity contribution in [2.24, 2.45) is 0 Å². The van der Waals surface area contributed by atoms with Gasteiger partial charge in [0, 0.05) is 4.47 Å². The van der Waals surface area contributed by atoms with Gasteiger partial charge in [0.15, 0.2) is 11.5 Å². The van der Waals surface area contributed by atoms with Gasteiger partial charge in [0.25, 0.3) is 11.1 Å². The third-order valence-corrected chi connectivity index (χ3v) is 8.15. The second kappa shape index (κ2) is 11.4. The fraction of sp³-hybridized carbons (Fsp3) is 0.154. The number of amides is 2. The molecule has 180 valence electrons. The summed E-state index contributed by atoms with van der Waals surface area (Å²) in [5.74, 6) is 0.258. The number of ether oxygens (including phenoxy) is 2. The van der Waals surface area contributed by atoms with Gasteiger partial charge in [0.2, 0.25) is 0 Å². The molecular weight excluding hydrogens is 601 g/mol. The van der Waals surface area contributed by atoms with Crippen LogP contribution in [0, 0.1) is 5.82 Å². The second-order valence-electron chi connectivity index (χ2n) is 7.52. The van der Waals surface area contributed by atoms with Crippen molar-refractivity contribution >= 4 is 60.8 Å². The summed E-state index contributed by atoms with van der Waals surface area (Å²) in [5.41, 5.74) is 2.33. The number of carbonyl (C=O) groups is 2. The molecule has 0 N–H and O–H groups in total. The summed E-state index contributed by atoms with van der Waals surface area (Å²) >= 11 is 8.02. The van der Waals surface area contributed by atoms with Crippen molar-refractivity contribution in [1.29, 1.82) is 0 Å². The molecule has 0 spiro atoms. The quantitative estimate of drug-likeness (QED) is 0.243. The molecule has 0 saturated carbocycles. The number of imide groups is 1. The summed E-state index contributed by atoms with van der Waals surface area (Å²) in [7, 11) is 0. The van der Waals surface area contributed by atoms with Crippen LogP contribution in [-0.2, 0) is 17.9 Å². The molecule has 0 aliphatic carbocycles. The lowest BCUT2D eigenvalue weighted by atomic mass is 10.1. The lowest BCUT2D eigenvalue weighted by Crippen LogP contribution is -2.27. The zero-order chi connectivity index (χ0) is 24.9. The first-order chi connectivity index (χ1) is 16.9. The summed E-state index contributed by atoms with van der Waals surface area (Å²) < 4.78 is 26.4. The van der Waals surface area contributed by atoms with E-state index in [1.54, 1.807) is 24.3 Å². The van der Waals surface area contributed by atoms with Gasteiger partial charge >= 0.3 is 0 Å². The number of thioether (sulfide) groups is 1. The Kier molecular flexibility index (Phi) is 8.30. The Morgan fingerprint density at radius 1 is 0.971 bits per heavy atom. The highest BCUT2D eigenvalue weighted by Gasteiger charge is 2.35. The zero-order valence-corrected chi connectivity index (χ0v) is 22.6. The van der Waals surface area contributed by atoms with Gasteiger partial charge in [-0.15, -0.1) is 0 Å². The van der Waals surface area contributed by atoms with Gasteiger partial charge in [0.1, 0.15) is 12.4 Å². The lowest BCUT2D eigenvalue weighted by Gasteiger charge is -2.17. The van der Waals surface area contributed by atoms with Crippen LogP contribution in [0.2, 0.25) is 0 Å². The van der Waals surface area contributed by atoms with Crippen LogP contribution in [0.25, 0.3) is 6.08 Å². The number of rotatable bonds is 8. The van der Waals surface area contributed by atoms with E-state index < -0.39 is 5.91 Å². The molecule has 2 amide bonds. The largest absolute Gasteiger partial charge is 0.490 e. The van der Waals surface area contributed by atoms with Gasteiger partial charge in [-0.2, -0.15) is 0 Å². The van der Waals surface area contributed by atoms with E-state index in [4.69, 9.17) is 9.47 Å². The van der Waals surface area contributed by atoms with E-state index in [0.29, 0.717) is 44.8 Å². The summed E-state index contributed by atoms with van der Waals surface area (Å²) in [6.07, 6.45) is 1.65. The van der Waals surface area contributed by atoms with E-state index in [-0.39, 0.29) is 22.5 Å². The minimum absolute atomic E-state index is 0.0730. The number of hydrogen-bond donors (Lipinski definition) is 0. The van der Waals surface area contributed by atoms with Gasteiger partial charge in [-0.3, -0.25) is 14.5 Å². The Balaban J connectivity index is 1.60. The van der Waals surface area contributed by atoms with Crippen molar-refractivity contribution in [1.82, 2.24) is 4.90 Å². The van der Waals surface area contributed by atoms with E-state index in [1.807, 2.05) is 37.3 Å². The molecule has 0 aromatic heterocycles. The molecule has 5 nitrogen and oxygen atoms in total. The maximum Gasteiger partial charge on any atom is 0.293 e. The van der Waals surface area contributed by atoms with E-state index in [0.717, 1.165) is 22.2 Å². The molecule has 0 atom stereocenters. The second-order valence-corrected chi connectivity index (χ2v) is 10.1. The first kappa shape index (κ1) is 25.5. The van der Waals surface area contributed by atoms with Crippen molar-refractivity contribution in [2.45, 2.75) is 20.1 Å². The van der Waals surface area contributed by atoms with Gasteiger partial charge in [-0.05, 0) is 91.5 Å². The molecule has 3 aromatic carbocycles. The number of halogens is 3. The molecule has 35 heavy (non-hydrogen) atoms. The minimum Gasteiger partial charge on any atom is -0.490 e. The summed E-state index contributed by atoms with van der Waals surface area (Å²) in [5, 5.41) is -0.381. The van der Waals surface area contributed by atoms with Crippen LogP contribution < -0.4 is 9.47 Å². The third kappa shape index (κ3) is 5.97. The van der Waals surface area contributed by atoms with Crippen molar-refractivity contribution in [2.75, 3.05) is 6.61 Å². The molecule has 0 radical (unpaired) electrons. The van der Waals surface area contributed by atoms with Gasteiger partial charge < -0.3 is 9.47 Å². The summed E-state index contributed by atoms with van der Waals surface area (Å²) in [6, 6.07) is 17.3. The topological polar surface area (TPSA) is 55.8 Å². The standard InChI is InChI=1S/C26H20Br2FNO4S/c1-2-33-20-12-18(22(27)23(28)24(20)34-15-17-6-4-3-5-7-17)13-21-25(31)30(26(32)35-21)14-16-8-10-19(29)11-9-16/h3-13H,2,14-15H2,1H3/b21-13-. The first-order valence-corrected chi connectivity index (χ1v) is 13.1. The summed E-state index contributed by atoms with van der Waals surface area (Å²) in [4.78, 5) is 27.0. The molecular formula is C26H20Br2FNO4S. The van der Waals surface area contributed by atoms with E-state index >= 15 is 0 Å². The lowest BCUT2D eigenvalue weighted by molar-refractivity contribution is -0.123. The normalized spacial score (nSPS) is 14.6. The number of carbonyl (C=O) groups excluding carboxylic acids is 2. The smallest absolute Gasteiger partial charge is 0.293 e. The molecule has 1 aliphatic heterocycles. The van der Waals surface area contributed by atoms with Crippen LogP contribution in [0.1, 0.15) is 23.6 Å². The zero-order valence-electron chi connectivity index (χ0n) is 18.6. The Morgan fingerprint density at radius 2 is 1.69 bits per heavy atom. The van der Waals surface area contributed by atoms with Crippen LogP contribution in [-0.4, -0.2) is 22.7 Å². The molecule has 4 rings (SSSR count). The van der Waals surface area contributed by atoms with Crippen LogP contribution in [0.5, 0.6) is 11.5 Å². The van der Waals surface area contributed by atoms with Crippen molar-refractivity contribution in [3.8, 4) is 11.5 Å². The molecule has 0 bridgehead atoms. The molecule has 1 saturated heterocycles. The molecule has 1 fully saturated rings. The molecule has 3 aromatic rings. The molecule has 1 heterocycles. The number of benzene rings is 3. The average molecular weight is 621 g/mol. The minimum atomic E-state index is -0.408. The molecule has 1 aliphatic rings. The van der Waals surface area contributed by atoms with Crippen molar-refractivity contribution in [3.63, 3.8) is 0 Å². The Bertz CT molecular complexity index is 1280. The maximum atomic E-state index is 13.2. The van der Waals surface area contributed by atoms with E-state index in [9.17, 15) is 14.0 Å². The SMILES string of the molecule is CCOc1cc(/C=C2\SC(=O)N(Cc3ccc(F)cc3)C2=O)c(Br)c(Br)c1OCc1ccccc1. The highest BCUT2D eigenvalue weighted by molar-refractivity contribution is 9.13. The highest BCUT2D eigenvalue weighted by Crippen LogP contribution is 2.45. The maximum absolute atomic E-state index is 13.2. The number of hydrogen-bond acceptors (Lipinski definition) is 5. The number of nitrogens with zero attached hydrogens (tertiary/aromatic N) is 1. The highest BCUT2D eigenvalue weighted by atomic mass is 79.9. The molecule has 9 heteroatoms. The van der Waals surface area contributed by atoms with Crippen LogP contribution in [0.3, 0.4) is 0 Å². The Morgan fingerprint density at radius 3 is 2.37 bits per heavy atom. The Hall–Kier alpha value is -2.62. The third-order valence-electron chi connectivity index (χ3n) is 5.10. The van der Waals surface area contributed by atoms with Crippen molar-refractivity contribution in [3.05, 3.63) is 97.0 Å². The average Bonchev–Trinajstić information content (AvgIpc) is 3.11. The van der Waals surface area contributed by atoms with Crippen LogP contribution in [0.4, 0.5) is 9.18 Å². The monoisotopic (exact) mass is 619 g/mol. The fourth-order valence-corrected chi connectivity index (χ4v) is 5.16. The van der Waals surface area contributed by atoms with Crippen LogP contribution >= 0.6 is 43.6 Å². The van der Waals surface area contributed by atoms with Crippen LogP contribution in [0.15, 0.2) is 74.5 Å². The van der Waals surface area contributed by atoms with Gasteiger partial charge in [0.05, 0.1) is 22.5 Å². The predicted molar refractivity (Wildman–Crippen MR) is 142 cm³/mol. The van der Waals surface area contributed by atoms with Gasteiger partial charge in [-0.1, -0.05) is 42.5 Å². The van der Waals surface area contributed by atoms with E-state index in [2.05, 4.69) is 31.9 Å². The van der Waals surface area contributed by atoms with Crippen molar-refractivity contribution < 1.29 is 23.5 Å². The molecule has 0 unspecified atom stereocenters. The van der Waals surface area contributed by atoms with E-state index in [1.165, 1.54) is 12.1 Å². The fourth-order valence-electron chi connectivity index (χ4n) is 3.39.